The molecule has 0 saturated carbocycles. The summed E-state index contributed by atoms with van der Waals surface area (Å²) in [5.74, 6) is -1.66. The lowest BCUT2D eigenvalue weighted by Gasteiger charge is -2.31. The highest BCUT2D eigenvalue weighted by Crippen LogP contribution is 2.30. The first kappa shape index (κ1) is 23.3. The number of halogens is 1. The Kier molecular flexibility index (Phi) is 6.52. The van der Waals surface area contributed by atoms with Crippen LogP contribution in [-0.2, 0) is 17.8 Å². The first-order chi connectivity index (χ1) is 17.5. The molecule has 0 bridgehead atoms. The molecule has 2 amide bonds. The van der Waals surface area contributed by atoms with E-state index in [1.54, 1.807) is 18.3 Å². The maximum Gasteiger partial charge on any atom is 0.283 e. The van der Waals surface area contributed by atoms with Gasteiger partial charge < -0.3 is 0 Å². The fourth-order valence-electron chi connectivity index (χ4n) is 4.15. The summed E-state index contributed by atoms with van der Waals surface area (Å²) in [4.78, 5) is 36.9. The zero-order valence-electron chi connectivity index (χ0n) is 19.0. The predicted molar refractivity (Wildman–Crippen MR) is 134 cm³/mol. The third kappa shape index (κ3) is 4.59. The minimum absolute atomic E-state index is 0.00579. The molecule has 1 aliphatic heterocycles. The van der Waals surface area contributed by atoms with Crippen LogP contribution in [0.2, 0.25) is 0 Å². The highest BCUT2D eigenvalue weighted by Gasteiger charge is 2.42. The molecule has 1 aromatic heterocycles. The van der Waals surface area contributed by atoms with E-state index in [1.165, 1.54) is 9.58 Å². The molecule has 8 nitrogen and oxygen atoms in total. The van der Waals surface area contributed by atoms with Gasteiger partial charge in [0.15, 0.2) is 5.69 Å². The van der Waals surface area contributed by atoms with Crippen molar-refractivity contribution in [2.24, 2.45) is 4.99 Å². The Balaban J connectivity index is 1.68. The second-order valence-electron chi connectivity index (χ2n) is 8.20. The van der Waals surface area contributed by atoms with Crippen LogP contribution in [0.15, 0.2) is 94.4 Å². The second kappa shape index (κ2) is 10.1. The van der Waals surface area contributed by atoms with Gasteiger partial charge >= 0.3 is 0 Å². The smallest absolute Gasteiger partial charge is 0.274 e. The normalized spacial score (nSPS) is 15.5. The van der Waals surface area contributed by atoms with E-state index in [0.29, 0.717) is 12.1 Å². The van der Waals surface area contributed by atoms with Gasteiger partial charge in [-0.15, -0.1) is 4.99 Å². The molecule has 1 atom stereocenters. The molecule has 9 heteroatoms. The standard InChI is InChI=1S/C27H19BrN6O2/c28-20-11-13-21(14-12-20)34-27(30-17-29)31-23-22(15-18-7-3-1-4-8-18)25(35)33(26(36)24(23)32-34)16-19-9-5-2-6-10-19/h1-14,22H,15-16H2. The van der Waals surface area contributed by atoms with Crippen molar-refractivity contribution in [1.82, 2.24) is 19.7 Å². The number of rotatable bonds is 5. The van der Waals surface area contributed by atoms with E-state index in [4.69, 9.17) is 0 Å². The number of carbonyl (C=O) groups excluding carboxylic acids is 2. The monoisotopic (exact) mass is 538 g/mol. The number of benzene rings is 3. The van der Waals surface area contributed by atoms with E-state index in [-0.39, 0.29) is 29.5 Å². The molecule has 5 rings (SSSR count). The van der Waals surface area contributed by atoms with E-state index in [9.17, 15) is 14.9 Å². The fraction of sp³-hybridized carbons (Fsp3) is 0.111. The third-order valence-corrected chi connectivity index (χ3v) is 6.41. The van der Waals surface area contributed by atoms with Crippen LogP contribution >= 0.6 is 15.9 Å². The second-order valence-corrected chi connectivity index (χ2v) is 9.12. The van der Waals surface area contributed by atoms with Gasteiger partial charge in [-0.3, -0.25) is 14.5 Å². The zero-order chi connectivity index (χ0) is 25.1. The molecular formula is C27H19BrN6O2. The molecule has 0 spiro atoms. The van der Waals surface area contributed by atoms with Gasteiger partial charge in [0.1, 0.15) is 0 Å². The topological polar surface area (TPSA) is 104 Å². The third-order valence-electron chi connectivity index (χ3n) is 5.88. The van der Waals surface area contributed by atoms with E-state index < -0.39 is 11.8 Å². The summed E-state index contributed by atoms with van der Waals surface area (Å²) in [5.41, 5.74) is 2.59. The fourth-order valence-corrected chi connectivity index (χ4v) is 4.42. The van der Waals surface area contributed by atoms with Gasteiger partial charge in [-0.05, 0) is 41.8 Å². The summed E-state index contributed by atoms with van der Waals surface area (Å²) in [6.45, 7) is 0.119. The van der Waals surface area contributed by atoms with Gasteiger partial charge in [0.2, 0.25) is 12.1 Å². The number of fused-ring (bicyclic) bond motifs is 1. The summed E-state index contributed by atoms with van der Waals surface area (Å²) >= 11 is 3.40. The van der Waals surface area contributed by atoms with Crippen molar-refractivity contribution >= 4 is 27.7 Å². The lowest BCUT2D eigenvalue weighted by molar-refractivity contribution is -0.131. The Labute approximate surface area is 215 Å². The number of amides is 2. The molecule has 0 fully saturated rings. The maximum absolute atomic E-state index is 13.7. The summed E-state index contributed by atoms with van der Waals surface area (Å²) in [7, 11) is 0. The minimum atomic E-state index is -0.761. The molecular weight excluding hydrogens is 520 g/mol. The first-order valence-electron chi connectivity index (χ1n) is 11.2. The van der Waals surface area contributed by atoms with Crippen LogP contribution in [0, 0.1) is 11.5 Å². The van der Waals surface area contributed by atoms with Crippen LogP contribution in [-0.4, -0.2) is 31.5 Å². The molecule has 36 heavy (non-hydrogen) atoms. The highest BCUT2D eigenvalue weighted by molar-refractivity contribution is 9.10. The van der Waals surface area contributed by atoms with Crippen LogP contribution in [0.4, 0.5) is 0 Å². The Morgan fingerprint density at radius 1 is 0.917 bits per heavy atom. The van der Waals surface area contributed by atoms with Gasteiger partial charge in [-0.1, -0.05) is 76.6 Å². The number of imide groups is 1. The Morgan fingerprint density at radius 2 is 1.56 bits per heavy atom. The number of hydrogen-bond donors (Lipinski definition) is 0. The molecule has 1 unspecified atom stereocenters. The minimum Gasteiger partial charge on any atom is -0.274 e. The summed E-state index contributed by atoms with van der Waals surface area (Å²) in [6, 6.07) is 26.0. The van der Waals surface area contributed by atoms with Crippen LogP contribution < -0.4 is 5.62 Å². The summed E-state index contributed by atoms with van der Waals surface area (Å²) in [6.07, 6.45) is 2.08. The average Bonchev–Trinajstić information content (AvgIpc) is 2.91. The number of nitriles is 1. The van der Waals surface area contributed by atoms with Crippen molar-refractivity contribution in [2.75, 3.05) is 0 Å². The maximum atomic E-state index is 13.7. The summed E-state index contributed by atoms with van der Waals surface area (Å²) in [5, 5.41) is 13.9. The molecule has 2 heterocycles. The number of aromatic nitrogens is 3. The number of hydrogen-bond acceptors (Lipinski definition) is 6. The zero-order valence-corrected chi connectivity index (χ0v) is 20.5. The number of carbonyl (C=O) groups is 2. The average molecular weight is 539 g/mol. The molecule has 3 aromatic carbocycles. The van der Waals surface area contributed by atoms with E-state index in [0.717, 1.165) is 15.6 Å². The van der Waals surface area contributed by atoms with E-state index in [2.05, 4.69) is 31.0 Å². The van der Waals surface area contributed by atoms with Crippen LogP contribution in [0.1, 0.15) is 33.2 Å². The van der Waals surface area contributed by atoms with Gasteiger partial charge in [-0.25, -0.2) is 4.98 Å². The molecule has 1 aliphatic rings. The first-order valence-corrected chi connectivity index (χ1v) is 12.0. The van der Waals surface area contributed by atoms with Gasteiger partial charge in [-0.2, -0.15) is 15.0 Å². The largest absolute Gasteiger partial charge is 0.283 e. The highest BCUT2D eigenvalue weighted by atomic mass is 79.9. The van der Waals surface area contributed by atoms with Crippen LogP contribution in [0.3, 0.4) is 0 Å². The van der Waals surface area contributed by atoms with E-state index in [1.807, 2.05) is 72.8 Å². The lowest BCUT2D eigenvalue weighted by atomic mass is 9.90. The van der Waals surface area contributed by atoms with Crippen molar-refractivity contribution in [2.45, 2.75) is 18.9 Å². The van der Waals surface area contributed by atoms with Crippen molar-refractivity contribution in [1.29, 1.82) is 5.26 Å². The quantitative estimate of drug-likeness (QED) is 0.283. The molecule has 4 aromatic rings. The van der Waals surface area contributed by atoms with Crippen LogP contribution in [0.25, 0.3) is 5.69 Å². The predicted octanol–water partition coefficient (Wildman–Crippen LogP) is 3.92. The molecule has 0 radical (unpaired) electrons. The van der Waals surface area contributed by atoms with Crippen LogP contribution in [0.5, 0.6) is 0 Å². The van der Waals surface area contributed by atoms with Crippen molar-refractivity contribution in [3.63, 3.8) is 0 Å². The Hall–Kier alpha value is -4.42. The van der Waals surface area contributed by atoms with Gasteiger partial charge in [0, 0.05) is 4.47 Å². The number of nitrogens with zero attached hydrogens (tertiary/aromatic N) is 6. The van der Waals surface area contributed by atoms with Crippen molar-refractivity contribution < 1.29 is 9.59 Å². The van der Waals surface area contributed by atoms with Gasteiger partial charge in [0.05, 0.1) is 23.8 Å². The van der Waals surface area contributed by atoms with Crippen molar-refractivity contribution in [3.8, 4) is 11.9 Å². The molecule has 0 saturated heterocycles. The van der Waals surface area contributed by atoms with E-state index >= 15 is 0 Å². The Bertz CT molecular complexity index is 1540. The molecule has 176 valence electrons. The lowest BCUT2D eigenvalue weighted by Crippen LogP contribution is -2.48. The van der Waals surface area contributed by atoms with Gasteiger partial charge in [0.25, 0.3) is 11.5 Å². The molecule has 0 N–H and O–H groups in total. The summed E-state index contributed by atoms with van der Waals surface area (Å²) < 4.78 is 2.21. The van der Waals surface area contributed by atoms with Crippen molar-refractivity contribution in [3.05, 3.63) is 118 Å². The Morgan fingerprint density at radius 3 is 2.19 bits per heavy atom. The molecule has 0 aliphatic carbocycles. The SMILES string of the molecule is N#CN=c1nc2c(nn1-c1ccc(Br)cc1)C(=O)N(Cc1ccccc1)C(=O)C2Cc1ccccc1.